The molecule has 1 rings (SSSR count). The number of ether oxygens (including phenoxy) is 1. The van der Waals surface area contributed by atoms with E-state index in [1.54, 1.807) is 32.6 Å². The zero-order chi connectivity index (χ0) is 25.2. The van der Waals surface area contributed by atoms with Crippen molar-refractivity contribution in [2.24, 2.45) is 0 Å². The molecule has 2 unspecified atom stereocenters. The van der Waals surface area contributed by atoms with E-state index in [2.05, 4.69) is 17.6 Å². The molecule has 0 radical (unpaired) electrons. The predicted octanol–water partition coefficient (Wildman–Crippen LogP) is 4.96. The Morgan fingerprint density at radius 3 is 2.12 bits per heavy atom. The fourth-order valence-corrected chi connectivity index (χ4v) is 3.44. The van der Waals surface area contributed by atoms with Gasteiger partial charge in [0.2, 0.25) is 11.8 Å². The van der Waals surface area contributed by atoms with Crippen molar-refractivity contribution in [1.29, 1.82) is 0 Å². The molecule has 0 aliphatic heterocycles. The first-order chi connectivity index (χ1) is 15.3. The van der Waals surface area contributed by atoms with Gasteiger partial charge in [-0.15, -0.1) is 0 Å². The van der Waals surface area contributed by atoms with Crippen LogP contribution in [0.2, 0.25) is 0 Å². The molecule has 0 saturated heterocycles. The maximum atomic E-state index is 13.7. The highest BCUT2D eigenvalue weighted by Crippen LogP contribution is 2.32. The van der Waals surface area contributed by atoms with Gasteiger partial charge in [0, 0.05) is 12.1 Å². The lowest BCUT2D eigenvalue weighted by Gasteiger charge is -2.44. The minimum absolute atomic E-state index is 0.225. The second kappa shape index (κ2) is 12.6. The molecule has 3 amide bonds. The summed E-state index contributed by atoms with van der Waals surface area (Å²) in [7, 11) is 0. The Bertz CT molecular complexity index is 771. The van der Waals surface area contributed by atoms with Gasteiger partial charge in [-0.1, -0.05) is 57.0 Å². The van der Waals surface area contributed by atoms with Crippen LogP contribution < -0.4 is 10.6 Å². The molecule has 0 aromatic heterocycles. The average Bonchev–Trinajstić information content (AvgIpc) is 2.73. The number of nitrogens with zero attached hydrogens (tertiary/aromatic N) is 1. The van der Waals surface area contributed by atoms with Crippen molar-refractivity contribution < 1.29 is 19.1 Å². The fourth-order valence-electron chi connectivity index (χ4n) is 3.44. The molecule has 0 heterocycles. The first-order valence-corrected chi connectivity index (χ1v) is 12.0. The van der Waals surface area contributed by atoms with Crippen molar-refractivity contribution in [1.82, 2.24) is 15.5 Å². The Kier molecular flexibility index (Phi) is 10.9. The number of rotatable bonds is 11. The quantitative estimate of drug-likeness (QED) is 0.456. The Morgan fingerprint density at radius 1 is 1.00 bits per heavy atom. The van der Waals surface area contributed by atoms with Gasteiger partial charge in [0.25, 0.3) is 0 Å². The van der Waals surface area contributed by atoms with Crippen LogP contribution in [0.15, 0.2) is 30.3 Å². The van der Waals surface area contributed by atoms with Crippen molar-refractivity contribution in [3.8, 4) is 0 Å². The molecule has 7 heteroatoms. The first-order valence-electron chi connectivity index (χ1n) is 12.0. The van der Waals surface area contributed by atoms with Gasteiger partial charge >= 0.3 is 6.09 Å². The third-order valence-electron chi connectivity index (χ3n) is 5.56. The maximum absolute atomic E-state index is 13.7. The standard InChI is InChI=1S/C26H43N3O4/c1-9-11-15-18-27-22(30)21(20-16-13-12-14-17-20)29(26(7,8)10-2)23(31)19(3)28-24(32)33-25(4,5)6/h12-14,16-17,19,21H,9-11,15,18H2,1-8H3,(H,27,30)(H,28,32). The summed E-state index contributed by atoms with van der Waals surface area (Å²) in [6, 6.07) is 7.61. The number of alkyl carbamates (subject to hydrolysis) is 1. The minimum atomic E-state index is -0.871. The van der Waals surface area contributed by atoms with Crippen LogP contribution in [0.3, 0.4) is 0 Å². The van der Waals surface area contributed by atoms with E-state index in [1.165, 1.54) is 0 Å². The Labute approximate surface area is 199 Å². The van der Waals surface area contributed by atoms with E-state index in [4.69, 9.17) is 4.74 Å². The van der Waals surface area contributed by atoms with Crippen LogP contribution >= 0.6 is 0 Å². The van der Waals surface area contributed by atoms with E-state index in [0.29, 0.717) is 13.0 Å². The highest BCUT2D eigenvalue weighted by atomic mass is 16.6. The zero-order valence-corrected chi connectivity index (χ0v) is 21.7. The molecule has 2 atom stereocenters. The van der Waals surface area contributed by atoms with E-state index in [0.717, 1.165) is 24.8 Å². The summed E-state index contributed by atoms with van der Waals surface area (Å²) in [5.41, 5.74) is -0.590. The van der Waals surface area contributed by atoms with E-state index in [-0.39, 0.29) is 11.8 Å². The molecular weight excluding hydrogens is 418 g/mol. The van der Waals surface area contributed by atoms with Gasteiger partial charge in [-0.2, -0.15) is 0 Å². The number of unbranched alkanes of at least 4 members (excludes halogenated alkanes) is 2. The topological polar surface area (TPSA) is 87.7 Å². The molecule has 0 spiro atoms. The third kappa shape index (κ3) is 9.06. The third-order valence-corrected chi connectivity index (χ3v) is 5.56. The normalized spacial score (nSPS) is 13.6. The molecule has 0 fully saturated rings. The summed E-state index contributed by atoms with van der Waals surface area (Å²) >= 11 is 0. The van der Waals surface area contributed by atoms with Crippen molar-refractivity contribution in [2.45, 2.75) is 104 Å². The monoisotopic (exact) mass is 461 g/mol. The zero-order valence-electron chi connectivity index (χ0n) is 21.7. The smallest absolute Gasteiger partial charge is 0.408 e. The van der Waals surface area contributed by atoms with E-state index < -0.39 is 29.3 Å². The Morgan fingerprint density at radius 2 is 1.61 bits per heavy atom. The summed E-state index contributed by atoms with van der Waals surface area (Å²) in [6.45, 7) is 15.4. The van der Waals surface area contributed by atoms with Gasteiger partial charge in [0.05, 0.1) is 0 Å². The molecule has 0 aliphatic rings. The maximum Gasteiger partial charge on any atom is 0.408 e. The average molecular weight is 462 g/mol. The number of carbonyl (C=O) groups excluding carboxylic acids is 3. The van der Waals surface area contributed by atoms with Crippen LogP contribution in [0.5, 0.6) is 0 Å². The van der Waals surface area contributed by atoms with Gasteiger partial charge < -0.3 is 20.3 Å². The number of benzene rings is 1. The van der Waals surface area contributed by atoms with Gasteiger partial charge in [-0.05, 0) is 59.9 Å². The number of hydrogen-bond donors (Lipinski definition) is 2. The van der Waals surface area contributed by atoms with Crippen LogP contribution in [-0.4, -0.2) is 46.5 Å². The van der Waals surface area contributed by atoms with Gasteiger partial charge in [0.15, 0.2) is 0 Å². The summed E-state index contributed by atoms with van der Waals surface area (Å²) in [5.74, 6) is -0.568. The van der Waals surface area contributed by atoms with Gasteiger partial charge in [-0.25, -0.2) is 4.79 Å². The number of amides is 3. The predicted molar refractivity (Wildman–Crippen MR) is 132 cm³/mol. The molecule has 1 aromatic carbocycles. The van der Waals surface area contributed by atoms with E-state index in [9.17, 15) is 14.4 Å². The highest BCUT2D eigenvalue weighted by Gasteiger charge is 2.41. The lowest BCUT2D eigenvalue weighted by molar-refractivity contribution is -0.149. The summed E-state index contributed by atoms with van der Waals surface area (Å²) in [6.07, 6.45) is 2.92. The van der Waals surface area contributed by atoms with Crippen LogP contribution in [0.1, 0.15) is 92.7 Å². The molecule has 0 bridgehead atoms. The second-order valence-electron chi connectivity index (χ2n) is 10.1. The number of carbonyl (C=O) groups is 3. The fraction of sp³-hybridized carbons (Fsp3) is 0.654. The molecule has 2 N–H and O–H groups in total. The largest absolute Gasteiger partial charge is 0.444 e. The van der Waals surface area contributed by atoms with Crippen molar-refractivity contribution in [3.63, 3.8) is 0 Å². The summed E-state index contributed by atoms with van der Waals surface area (Å²) in [5, 5.41) is 5.65. The lowest BCUT2D eigenvalue weighted by Crippen LogP contribution is -2.58. The van der Waals surface area contributed by atoms with Crippen molar-refractivity contribution in [3.05, 3.63) is 35.9 Å². The molecular formula is C26H43N3O4. The summed E-state index contributed by atoms with van der Waals surface area (Å²) < 4.78 is 5.32. The highest BCUT2D eigenvalue weighted by molar-refractivity contribution is 5.92. The van der Waals surface area contributed by atoms with Crippen LogP contribution in [0.4, 0.5) is 4.79 Å². The molecule has 0 saturated carbocycles. The van der Waals surface area contributed by atoms with E-state index >= 15 is 0 Å². The minimum Gasteiger partial charge on any atom is -0.444 e. The summed E-state index contributed by atoms with van der Waals surface area (Å²) in [4.78, 5) is 41.1. The Hall–Kier alpha value is -2.57. The van der Waals surface area contributed by atoms with Crippen molar-refractivity contribution in [2.75, 3.05) is 6.54 Å². The van der Waals surface area contributed by atoms with Crippen LogP contribution in [-0.2, 0) is 14.3 Å². The second-order valence-corrected chi connectivity index (χ2v) is 10.1. The molecule has 7 nitrogen and oxygen atoms in total. The van der Waals surface area contributed by atoms with E-state index in [1.807, 2.05) is 51.1 Å². The van der Waals surface area contributed by atoms with Gasteiger partial charge in [0.1, 0.15) is 17.7 Å². The number of hydrogen-bond acceptors (Lipinski definition) is 4. The molecule has 1 aromatic rings. The first kappa shape index (κ1) is 28.5. The molecule has 33 heavy (non-hydrogen) atoms. The van der Waals surface area contributed by atoms with Crippen LogP contribution in [0.25, 0.3) is 0 Å². The van der Waals surface area contributed by atoms with Crippen LogP contribution in [0, 0.1) is 0 Å². The lowest BCUT2D eigenvalue weighted by atomic mass is 9.92. The molecule has 186 valence electrons. The molecule has 0 aliphatic carbocycles. The van der Waals surface area contributed by atoms with Crippen molar-refractivity contribution >= 4 is 17.9 Å². The van der Waals surface area contributed by atoms with Gasteiger partial charge in [-0.3, -0.25) is 9.59 Å². The Balaban J connectivity index is 3.30. The SMILES string of the molecule is CCCCCNC(=O)C(c1ccccc1)N(C(=O)C(C)NC(=O)OC(C)(C)C)C(C)(C)CC. The number of nitrogens with one attached hydrogen (secondary N) is 2.